The maximum Gasteiger partial charge on any atom is 0.223 e. The van der Waals surface area contributed by atoms with Crippen LogP contribution in [0.15, 0.2) is 42.5 Å². The number of fused-ring (bicyclic) bond motifs is 3. The predicted octanol–water partition coefficient (Wildman–Crippen LogP) is 4.55. The summed E-state index contributed by atoms with van der Waals surface area (Å²) < 4.78 is 26.7. The van der Waals surface area contributed by atoms with E-state index in [1.807, 2.05) is 25.1 Å². The zero-order valence-electron chi connectivity index (χ0n) is 15.5. The molecule has 0 saturated heterocycles. The zero-order chi connectivity index (χ0) is 19.8. The highest BCUT2D eigenvalue weighted by Crippen LogP contribution is 2.34. The van der Waals surface area contributed by atoms with Crippen molar-refractivity contribution in [2.24, 2.45) is 0 Å². The van der Waals surface area contributed by atoms with Crippen molar-refractivity contribution in [3.63, 3.8) is 0 Å². The van der Waals surface area contributed by atoms with E-state index in [1.165, 1.54) is 10.9 Å². The van der Waals surface area contributed by atoms with Crippen molar-refractivity contribution < 1.29 is 18.4 Å². The Bertz CT molecular complexity index is 1070. The molecular formula is C22H20F2N2O2. The average molecular weight is 382 g/mol. The number of H-pyrrole nitrogens is 1. The van der Waals surface area contributed by atoms with Crippen LogP contribution in [0.5, 0.6) is 0 Å². The van der Waals surface area contributed by atoms with Crippen LogP contribution in [-0.4, -0.2) is 28.1 Å². The summed E-state index contributed by atoms with van der Waals surface area (Å²) >= 11 is 0. The number of aromatic amines is 1. The molecule has 2 aromatic carbocycles. The van der Waals surface area contributed by atoms with Crippen LogP contribution in [0.2, 0.25) is 0 Å². The van der Waals surface area contributed by atoms with Crippen molar-refractivity contribution in [1.82, 2.24) is 9.88 Å². The Hall–Kier alpha value is -3.02. The maximum atomic E-state index is 13.7. The van der Waals surface area contributed by atoms with Crippen molar-refractivity contribution in [3.05, 3.63) is 70.9 Å². The molecular weight excluding hydrogens is 362 g/mol. The number of para-hydroxylation sites is 1. The Kier molecular flexibility index (Phi) is 4.71. The molecule has 1 aliphatic rings. The molecule has 1 atom stereocenters. The number of Topliss-reactive ketones (excluding diaryl/α,β-unsaturated/α-hetero) is 1. The van der Waals surface area contributed by atoms with Gasteiger partial charge in [-0.25, -0.2) is 8.78 Å². The van der Waals surface area contributed by atoms with Crippen LogP contribution in [0.3, 0.4) is 0 Å². The summed E-state index contributed by atoms with van der Waals surface area (Å²) in [6, 6.07) is 10.8. The maximum absolute atomic E-state index is 13.7. The second-order valence-electron chi connectivity index (χ2n) is 7.12. The SMILES string of the molecule is C[C@@H]1c2[nH]c3ccccc3c2CCN1C(=O)CCC(=O)c1ccc(F)cc1F. The third kappa shape index (κ3) is 3.19. The van der Waals surface area contributed by atoms with Crippen LogP contribution in [0.1, 0.15) is 47.4 Å². The van der Waals surface area contributed by atoms with Crippen molar-refractivity contribution in [2.45, 2.75) is 32.2 Å². The van der Waals surface area contributed by atoms with Gasteiger partial charge in [0.2, 0.25) is 5.91 Å². The summed E-state index contributed by atoms with van der Waals surface area (Å²) in [7, 11) is 0. The Balaban J connectivity index is 1.46. The van der Waals surface area contributed by atoms with Crippen LogP contribution in [0, 0.1) is 11.6 Å². The minimum Gasteiger partial charge on any atom is -0.356 e. The van der Waals surface area contributed by atoms with E-state index in [0.717, 1.165) is 29.8 Å². The van der Waals surface area contributed by atoms with Gasteiger partial charge in [-0.2, -0.15) is 0 Å². The molecule has 0 fully saturated rings. The number of carbonyl (C=O) groups is 2. The fraction of sp³-hybridized carbons (Fsp3) is 0.273. The summed E-state index contributed by atoms with van der Waals surface area (Å²) in [5, 5.41) is 1.18. The molecule has 3 aromatic rings. The Morgan fingerprint density at radius 3 is 2.71 bits per heavy atom. The average Bonchev–Trinajstić information content (AvgIpc) is 3.06. The molecule has 0 saturated carbocycles. The number of halogens is 2. The molecule has 2 heterocycles. The number of benzene rings is 2. The second kappa shape index (κ2) is 7.19. The van der Waals surface area contributed by atoms with Gasteiger partial charge >= 0.3 is 0 Å². The van der Waals surface area contributed by atoms with Gasteiger partial charge < -0.3 is 9.88 Å². The van der Waals surface area contributed by atoms with Crippen molar-refractivity contribution in [3.8, 4) is 0 Å². The topological polar surface area (TPSA) is 53.2 Å². The lowest BCUT2D eigenvalue weighted by molar-refractivity contribution is -0.133. The normalized spacial score (nSPS) is 16.2. The quantitative estimate of drug-likeness (QED) is 0.673. The first-order chi connectivity index (χ1) is 13.5. The first-order valence-electron chi connectivity index (χ1n) is 9.33. The fourth-order valence-corrected chi connectivity index (χ4v) is 3.98. The lowest BCUT2D eigenvalue weighted by Crippen LogP contribution is -2.38. The van der Waals surface area contributed by atoms with Crippen molar-refractivity contribution >= 4 is 22.6 Å². The number of hydrogen-bond acceptors (Lipinski definition) is 2. The molecule has 1 aromatic heterocycles. The highest BCUT2D eigenvalue weighted by atomic mass is 19.1. The van der Waals surface area contributed by atoms with Gasteiger partial charge in [-0.3, -0.25) is 9.59 Å². The molecule has 1 amide bonds. The minimum atomic E-state index is -0.897. The Morgan fingerprint density at radius 1 is 1.14 bits per heavy atom. The number of amides is 1. The highest BCUT2D eigenvalue weighted by Gasteiger charge is 2.30. The molecule has 0 radical (unpaired) electrons. The summed E-state index contributed by atoms with van der Waals surface area (Å²) in [6.07, 6.45) is 0.635. The number of nitrogens with zero attached hydrogens (tertiary/aromatic N) is 1. The molecule has 6 heteroatoms. The van der Waals surface area contributed by atoms with E-state index in [1.54, 1.807) is 4.90 Å². The molecule has 1 N–H and O–H groups in total. The number of rotatable bonds is 4. The summed E-state index contributed by atoms with van der Waals surface area (Å²) in [6.45, 7) is 2.54. The van der Waals surface area contributed by atoms with Gasteiger partial charge in [0.05, 0.1) is 11.6 Å². The smallest absolute Gasteiger partial charge is 0.223 e. The van der Waals surface area contributed by atoms with E-state index in [9.17, 15) is 18.4 Å². The van der Waals surface area contributed by atoms with Crippen LogP contribution in [0.25, 0.3) is 10.9 Å². The van der Waals surface area contributed by atoms with E-state index in [2.05, 4.69) is 11.1 Å². The van der Waals surface area contributed by atoms with Gasteiger partial charge in [-0.15, -0.1) is 0 Å². The highest BCUT2D eigenvalue weighted by molar-refractivity contribution is 5.98. The Morgan fingerprint density at radius 2 is 1.93 bits per heavy atom. The summed E-state index contributed by atoms with van der Waals surface area (Å²) in [5.74, 6) is -2.28. The van der Waals surface area contributed by atoms with Gasteiger partial charge in [0.25, 0.3) is 0 Å². The summed E-state index contributed by atoms with van der Waals surface area (Å²) in [4.78, 5) is 30.1. The molecule has 0 spiro atoms. The van der Waals surface area contributed by atoms with E-state index in [4.69, 9.17) is 0 Å². The third-order valence-corrected chi connectivity index (χ3v) is 5.45. The molecule has 0 unspecified atom stereocenters. The van der Waals surface area contributed by atoms with Gasteiger partial charge in [-0.1, -0.05) is 18.2 Å². The van der Waals surface area contributed by atoms with Gasteiger partial charge in [0, 0.05) is 42.0 Å². The molecule has 28 heavy (non-hydrogen) atoms. The van der Waals surface area contributed by atoms with Gasteiger partial charge in [-0.05, 0) is 37.1 Å². The molecule has 4 nitrogen and oxygen atoms in total. The van der Waals surface area contributed by atoms with Crippen molar-refractivity contribution in [2.75, 3.05) is 6.54 Å². The molecule has 0 bridgehead atoms. The molecule has 0 aliphatic carbocycles. The number of ketones is 1. The van der Waals surface area contributed by atoms with Crippen molar-refractivity contribution in [1.29, 1.82) is 0 Å². The summed E-state index contributed by atoms with van der Waals surface area (Å²) in [5.41, 5.74) is 3.13. The van der Waals surface area contributed by atoms with Crippen LogP contribution in [0.4, 0.5) is 8.78 Å². The molecule has 144 valence electrons. The fourth-order valence-electron chi connectivity index (χ4n) is 3.98. The number of aromatic nitrogens is 1. The largest absolute Gasteiger partial charge is 0.356 e. The number of carbonyl (C=O) groups excluding carboxylic acids is 2. The second-order valence-corrected chi connectivity index (χ2v) is 7.12. The Labute approximate surface area is 161 Å². The van der Waals surface area contributed by atoms with E-state index in [-0.39, 0.29) is 30.4 Å². The van der Waals surface area contributed by atoms with Gasteiger partial charge in [0.15, 0.2) is 5.78 Å². The monoisotopic (exact) mass is 382 g/mol. The number of hydrogen-bond donors (Lipinski definition) is 1. The first kappa shape index (κ1) is 18.3. The molecule has 1 aliphatic heterocycles. The first-order valence-corrected chi connectivity index (χ1v) is 9.33. The van der Waals surface area contributed by atoms with E-state index >= 15 is 0 Å². The van der Waals surface area contributed by atoms with Crippen LogP contribution < -0.4 is 0 Å². The lowest BCUT2D eigenvalue weighted by atomic mass is 9.97. The standard InChI is InChI=1S/C22H20F2N2O2/c1-13-22-16(15-4-2-3-5-19(15)25-22)10-11-26(13)21(28)9-8-20(27)17-7-6-14(23)12-18(17)24/h2-7,12-13,25H,8-11H2,1H3/t13-/m1/s1. The predicted molar refractivity (Wildman–Crippen MR) is 102 cm³/mol. The minimum absolute atomic E-state index is 0.00441. The van der Waals surface area contributed by atoms with Crippen LogP contribution >= 0.6 is 0 Å². The van der Waals surface area contributed by atoms with E-state index < -0.39 is 17.4 Å². The van der Waals surface area contributed by atoms with Gasteiger partial charge in [0.1, 0.15) is 11.6 Å². The number of nitrogens with one attached hydrogen (secondary N) is 1. The van der Waals surface area contributed by atoms with Crippen LogP contribution in [-0.2, 0) is 11.2 Å². The zero-order valence-corrected chi connectivity index (χ0v) is 15.5. The lowest BCUT2D eigenvalue weighted by Gasteiger charge is -2.33. The molecule has 4 rings (SSSR count). The van der Waals surface area contributed by atoms with E-state index in [0.29, 0.717) is 12.6 Å². The third-order valence-electron chi connectivity index (χ3n) is 5.45.